The number of aromatic amines is 2. The molecule has 2 amide bonds. The molecule has 0 unspecified atom stereocenters. The largest absolute Gasteiger partial charge is 0.493 e. The fraction of sp³-hybridized carbons (Fsp3) is 0.385. The average Bonchev–Trinajstić information content (AvgIpc) is 4.18. The Morgan fingerprint density at radius 1 is 0.641 bits per heavy atom. The monoisotopic (exact) mass is 862 g/mol. The molecular formula is C52H58N6O6. The molecule has 0 aliphatic carbocycles. The molecule has 6 aromatic rings. The van der Waals surface area contributed by atoms with Crippen LogP contribution in [0.5, 0.6) is 5.75 Å². The minimum Gasteiger partial charge on any atom is -0.493 e. The second-order valence-electron chi connectivity index (χ2n) is 17.1. The third kappa shape index (κ3) is 9.40. The van der Waals surface area contributed by atoms with Crippen molar-refractivity contribution < 1.29 is 28.5 Å². The molecule has 5 atom stereocenters. The van der Waals surface area contributed by atoms with Crippen molar-refractivity contribution in [3.63, 3.8) is 0 Å². The predicted molar refractivity (Wildman–Crippen MR) is 245 cm³/mol. The topological polar surface area (TPSA) is 135 Å². The number of hydrogen-bond donors (Lipinski definition) is 2. The van der Waals surface area contributed by atoms with Crippen LogP contribution in [0.15, 0.2) is 116 Å². The fourth-order valence-electron chi connectivity index (χ4n) is 9.58. The van der Waals surface area contributed by atoms with Gasteiger partial charge in [0.15, 0.2) is 12.2 Å². The zero-order valence-corrected chi connectivity index (χ0v) is 36.8. The Labute approximate surface area is 375 Å². The first-order valence-corrected chi connectivity index (χ1v) is 22.8. The molecule has 4 aromatic carbocycles. The summed E-state index contributed by atoms with van der Waals surface area (Å²) < 4.78 is 24.5. The Hall–Kier alpha value is -6.08. The van der Waals surface area contributed by atoms with E-state index in [4.69, 9.17) is 28.9 Å². The maximum atomic E-state index is 14.2. The van der Waals surface area contributed by atoms with Gasteiger partial charge < -0.3 is 38.7 Å². The molecule has 0 saturated carbocycles. The summed E-state index contributed by atoms with van der Waals surface area (Å²) in [6.07, 6.45) is 11.1. The fourth-order valence-corrected chi connectivity index (χ4v) is 9.58. The molecule has 2 fully saturated rings. The summed E-state index contributed by atoms with van der Waals surface area (Å²) in [5.41, 5.74) is 7.38. The number of rotatable bonds is 9. The summed E-state index contributed by atoms with van der Waals surface area (Å²) in [6, 6.07) is 33.6. The number of benzene rings is 4. The van der Waals surface area contributed by atoms with Crippen LogP contribution in [0.1, 0.15) is 105 Å². The van der Waals surface area contributed by atoms with Gasteiger partial charge in [-0.1, -0.05) is 117 Å². The first-order chi connectivity index (χ1) is 31.5. The average molecular weight is 863 g/mol. The lowest BCUT2D eigenvalue weighted by atomic mass is 10.00. The standard InChI is InChI=1S/C52H58N6O6/c1-61-47(37-16-9-7-10-17-37)51(59)57-27-15-20-44(57)49-53-32-42(55-49)36-23-21-35(22-24-36)39-25-26-41-43-33-54-50(56-43)45-31-40(63-28-13-5-3-4-6-14-29-64-46(41)30-39)34-58(45)52(60)48(62-2)38-18-11-8-12-19-38/h7-12,16-19,21-26,30,32-33,40,44-45,47-48H,3-6,13-15,20,27-29,31,34H2,1-2H3,(H,53,55)(H,54,56)/t40-,44-,45-,47+,48+/m0/s1. The van der Waals surface area contributed by atoms with Crippen LogP contribution in [0, 0.1) is 0 Å². The van der Waals surface area contributed by atoms with Crippen LogP contribution in [-0.2, 0) is 23.8 Å². The maximum Gasteiger partial charge on any atom is 0.257 e. The van der Waals surface area contributed by atoms with Gasteiger partial charge in [-0.15, -0.1) is 0 Å². The van der Waals surface area contributed by atoms with Crippen LogP contribution in [0.25, 0.3) is 33.6 Å². The molecule has 332 valence electrons. The summed E-state index contributed by atoms with van der Waals surface area (Å²) in [4.78, 5) is 48.6. The predicted octanol–water partition coefficient (Wildman–Crippen LogP) is 9.96. The van der Waals surface area contributed by atoms with Crippen molar-refractivity contribution in [2.75, 3.05) is 40.5 Å². The summed E-state index contributed by atoms with van der Waals surface area (Å²) in [6.45, 7) is 2.41. The van der Waals surface area contributed by atoms with E-state index in [9.17, 15) is 9.59 Å². The third-order valence-corrected chi connectivity index (χ3v) is 13.0. The van der Waals surface area contributed by atoms with E-state index in [1.807, 2.05) is 82.9 Å². The van der Waals surface area contributed by atoms with Gasteiger partial charge in [-0.25, -0.2) is 9.97 Å². The van der Waals surface area contributed by atoms with Gasteiger partial charge in [0.1, 0.15) is 17.4 Å². The van der Waals surface area contributed by atoms with E-state index in [0.717, 1.165) is 108 Å². The van der Waals surface area contributed by atoms with Gasteiger partial charge in [0.05, 0.1) is 48.6 Å². The highest BCUT2D eigenvalue weighted by molar-refractivity contribution is 5.84. The first kappa shape index (κ1) is 43.2. The Morgan fingerprint density at radius 2 is 1.22 bits per heavy atom. The van der Waals surface area contributed by atoms with Crippen molar-refractivity contribution in [1.29, 1.82) is 0 Å². The third-order valence-electron chi connectivity index (χ3n) is 13.0. The number of nitrogens with zero attached hydrogens (tertiary/aromatic N) is 4. The summed E-state index contributed by atoms with van der Waals surface area (Å²) in [5, 5.41) is 0. The lowest BCUT2D eigenvalue weighted by Crippen LogP contribution is -2.37. The number of hydrogen-bond acceptors (Lipinski definition) is 8. The molecule has 3 aliphatic heterocycles. The van der Waals surface area contributed by atoms with Crippen LogP contribution >= 0.6 is 0 Å². The number of nitrogens with one attached hydrogen (secondary N) is 2. The zero-order valence-electron chi connectivity index (χ0n) is 36.8. The summed E-state index contributed by atoms with van der Waals surface area (Å²) in [5.74, 6) is 2.12. The molecule has 4 bridgehead atoms. The molecule has 0 radical (unpaired) electrons. The number of aromatic nitrogens is 4. The van der Waals surface area contributed by atoms with Crippen molar-refractivity contribution in [1.82, 2.24) is 29.7 Å². The van der Waals surface area contributed by atoms with E-state index >= 15 is 0 Å². The first-order valence-electron chi connectivity index (χ1n) is 22.8. The molecule has 0 spiro atoms. The van der Waals surface area contributed by atoms with Gasteiger partial charge in [0.25, 0.3) is 11.8 Å². The zero-order chi connectivity index (χ0) is 43.8. The van der Waals surface area contributed by atoms with Crippen LogP contribution in [0.4, 0.5) is 0 Å². The summed E-state index contributed by atoms with van der Waals surface area (Å²) >= 11 is 0. The highest BCUT2D eigenvalue weighted by Crippen LogP contribution is 2.40. The van der Waals surface area contributed by atoms with E-state index in [1.165, 1.54) is 0 Å². The number of methoxy groups -OCH3 is 2. The van der Waals surface area contributed by atoms with E-state index in [0.29, 0.717) is 38.5 Å². The lowest BCUT2D eigenvalue weighted by molar-refractivity contribution is -0.144. The number of likely N-dealkylation sites (tertiary alicyclic amines) is 2. The minimum absolute atomic E-state index is 0.0491. The molecule has 9 rings (SSSR count). The highest BCUT2D eigenvalue weighted by Gasteiger charge is 2.41. The summed E-state index contributed by atoms with van der Waals surface area (Å²) in [7, 11) is 3.17. The number of H-pyrrole nitrogens is 2. The van der Waals surface area contributed by atoms with Gasteiger partial charge in [-0.3, -0.25) is 9.59 Å². The van der Waals surface area contributed by atoms with E-state index < -0.39 is 12.2 Å². The van der Waals surface area contributed by atoms with Crippen LogP contribution in [0.3, 0.4) is 0 Å². The smallest absolute Gasteiger partial charge is 0.257 e. The second-order valence-corrected chi connectivity index (χ2v) is 17.1. The maximum absolute atomic E-state index is 14.2. The Bertz CT molecular complexity index is 2470. The number of amides is 2. The van der Waals surface area contributed by atoms with E-state index in [2.05, 4.69) is 52.4 Å². The van der Waals surface area contributed by atoms with Crippen molar-refractivity contribution in [2.45, 2.75) is 88.2 Å². The molecule has 5 heterocycles. The number of carbonyl (C=O) groups excluding carboxylic acids is 2. The molecule has 2 aromatic heterocycles. The van der Waals surface area contributed by atoms with Crippen molar-refractivity contribution >= 4 is 11.8 Å². The van der Waals surface area contributed by atoms with Crippen LogP contribution in [0.2, 0.25) is 0 Å². The molecule has 2 saturated heterocycles. The van der Waals surface area contributed by atoms with Crippen LogP contribution in [-0.4, -0.2) is 88.2 Å². The Morgan fingerprint density at radius 3 is 1.91 bits per heavy atom. The highest BCUT2D eigenvalue weighted by atomic mass is 16.5. The van der Waals surface area contributed by atoms with Gasteiger partial charge in [-0.05, 0) is 65.6 Å². The molecule has 12 nitrogen and oxygen atoms in total. The number of imidazole rings is 2. The van der Waals surface area contributed by atoms with E-state index in [1.54, 1.807) is 14.2 Å². The SMILES string of the molecule is CO[C@@H](C(=O)N1CCC[C@H]1c1ncc(-c2ccc(-c3ccc4c(c3)OCCCCCCCCO[C@H]3C[C@@H](c5ncc-4[nH]5)N(C(=O)[C@H](OC)c4ccccc4)C3)cc2)[nH]1)c1ccccc1. The molecular weight excluding hydrogens is 805 g/mol. The quantitative estimate of drug-likeness (QED) is 0.147. The molecule has 64 heavy (non-hydrogen) atoms. The Balaban J connectivity index is 0.947. The van der Waals surface area contributed by atoms with Gasteiger partial charge in [0, 0.05) is 45.9 Å². The lowest BCUT2D eigenvalue weighted by Gasteiger charge is -2.27. The Kier molecular flexibility index (Phi) is 13.6. The second kappa shape index (κ2) is 20.2. The van der Waals surface area contributed by atoms with Crippen molar-refractivity contribution in [3.8, 4) is 39.4 Å². The van der Waals surface area contributed by atoms with Crippen molar-refractivity contribution in [2.24, 2.45) is 0 Å². The molecule has 3 aliphatic rings. The van der Waals surface area contributed by atoms with Crippen LogP contribution < -0.4 is 4.74 Å². The molecule has 2 N–H and O–H groups in total. The van der Waals surface area contributed by atoms with Crippen molar-refractivity contribution in [3.05, 3.63) is 138 Å². The normalized spacial score (nSPS) is 20.4. The number of carbonyl (C=O) groups is 2. The van der Waals surface area contributed by atoms with Gasteiger partial charge >= 0.3 is 0 Å². The van der Waals surface area contributed by atoms with Gasteiger partial charge in [-0.2, -0.15) is 0 Å². The minimum atomic E-state index is -0.730. The van der Waals surface area contributed by atoms with E-state index in [-0.39, 0.29) is 30.0 Å². The van der Waals surface area contributed by atoms with Gasteiger partial charge in [0.2, 0.25) is 0 Å². The molecule has 12 heteroatoms. The number of ether oxygens (including phenoxy) is 4. The number of fused-ring (bicyclic) bond motifs is 7.